The number of aliphatic hydroxyl groups excluding tert-OH is 1. The van der Waals surface area contributed by atoms with E-state index in [2.05, 4.69) is 4.98 Å². The molecule has 0 saturated heterocycles. The lowest BCUT2D eigenvalue weighted by atomic mass is 10.1. The van der Waals surface area contributed by atoms with Crippen LogP contribution in [0.3, 0.4) is 0 Å². The summed E-state index contributed by atoms with van der Waals surface area (Å²) in [6.45, 7) is 2.02. The molecule has 1 atom stereocenters. The highest BCUT2D eigenvalue weighted by Gasteiger charge is 2.10. The van der Waals surface area contributed by atoms with Crippen LogP contribution in [0.5, 0.6) is 5.75 Å². The van der Waals surface area contributed by atoms with Gasteiger partial charge in [0.05, 0.1) is 12.7 Å². The SMILES string of the molecule is CC(O)c1cc(F)ccc1OCCc1ccccn1. The minimum absolute atomic E-state index is 0.382. The maximum atomic E-state index is 13.1. The number of aromatic nitrogens is 1. The van der Waals surface area contributed by atoms with Crippen molar-refractivity contribution in [2.45, 2.75) is 19.4 Å². The number of ether oxygens (including phenoxy) is 1. The fraction of sp³-hybridized carbons (Fsp3) is 0.267. The maximum Gasteiger partial charge on any atom is 0.125 e. The Balaban J connectivity index is 2.00. The molecule has 0 amide bonds. The van der Waals surface area contributed by atoms with Crippen molar-refractivity contribution in [1.29, 1.82) is 0 Å². The Labute approximate surface area is 111 Å². The molecule has 0 fully saturated rings. The van der Waals surface area contributed by atoms with Crippen LogP contribution in [0.1, 0.15) is 24.3 Å². The van der Waals surface area contributed by atoms with E-state index in [0.29, 0.717) is 24.3 Å². The average molecular weight is 261 g/mol. The standard InChI is InChI=1S/C15H16FNO2/c1-11(18)14-10-12(16)5-6-15(14)19-9-7-13-4-2-3-8-17-13/h2-6,8,10-11,18H,7,9H2,1H3. The summed E-state index contributed by atoms with van der Waals surface area (Å²) in [6.07, 6.45) is 1.63. The molecule has 100 valence electrons. The van der Waals surface area contributed by atoms with E-state index in [4.69, 9.17) is 4.74 Å². The number of nitrogens with zero attached hydrogens (tertiary/aromatic N) is 1. The van der Waals surface area contributed by atoms with Gasteiger partial charge in [0, 0.05) is 23.9 Å². The van der Waals surface area contributed by atoms with Gasteiger partial charge < -0.3 is 9.84 Å². The van der Waals surface area contributed by atoms with Crippen molar-refractivity contribution in [3.63, 3.8) is 0 Å². The zero-order valence-corrected chi connectivity index (χ0v) is 10.7. The molecular weight excluding hydrogens is 245 g/mol. The van der Waals surface area contributed by atoms with E-state index in [-0.39, 0.29) is 5.82 Å². The Morgan fingerprint density at radius 1 is 1.32 bits per heavy atom. The summed E-state index contributed by atoms with van der Waals surface area (Å²) in [5, 5.41) is 9.59. The smallest absolute Gasteiger partial charge is 0.125 e. The first-order valence-electron chi connectivity index (χ1n) is 6.17. The molecule has 1 N–H and O–H groups in total. The van der Waals surface area contributed by atoms with E-state index < -0.39 is 6.10 Å². The van der Waals surface area contributed by atoms with E-state index in [1.807, 2.05) is 18.2 Å². The van der Waals surface area contributed by atoms with E-state index >= 15 is 0 Å². The third-order valence-electron chi connectivity index (χ3n) is 2.76. The van der Waals surface area contributed by atoms with Gasteiger partial charge in [0.1, 0.15) is 11.6 Å². The fourth-order valence-corrected chi connectivity index (χ4v) is 1.79. The number of hydrogen-bond donors (Lipinski definition) is 1. The summed E-state index contributed by atoms with van der Waals surface area (Å²) in [6, 6.07) is 9.85. The predicted molar refractivity (Wildman–Crippen MR) is 70.5 cm³/mol. The molecule has 2 rings (SSSR count). The van der Waals surface area contributed by atoms with Crippen molar-refractivity contribution in [3.8, 4) is 5.75 Å². The van der Waals surface area contributed by atoms with E-state index in [0.717, 1.165) is 5.69 Å². The Kier molecular flexibility index (Phi) is 4.47. The van der Waals surface area contributed by atoms with Crippen LogP contribution in [0, 0.1) is 5.82 Å². The summed E-state index contributed by atoms with van der Waals surface area (Å²) >= 11 is 0. The molecule has 19 heavy (non-hydrogen) atoms. The van der Waals surface area contributed by atoms with Crippen LogP contribution in [0.15, 0.2) is 42.6 Å². The number of halogens is 1. The molecule has 4 heteroatoms. The molecule has 1 heterocycles. The summed E-state index contributed by atoms with van der Waals surface area (Å²) in [4.78, 5) is 4.19. The Morgan fingerprint density at radius 2 is 2.16 bits per heavy atom. The molecule has 0 bridgehead atoms. The van der Waals surface area contributed by atoms with Crippen LogP contribution >= 0.6 is 0 Å². The molecule has 0 radical (unpaired) electrons. The molecule has 1 unspecified atom stereocenters. The second-order valence-electron chi connectivity index (χ2n) is 4.28. The molecule has 0 saturated carbocycles. The average Bonchev–Trinajstić information content (AvgIpc) is 2.41. The zero-order chi connectivity index (χ0) is 13.7. The largest absolute Gasteiger partial charge is 0.493 e. The van der Waals surface area contributed by atoms with Crippen molar-refractivity contribution < 1.29 is 14.2 Å². The van der Waals surface area contributed by atoms with Crippen molar-refractivity contribution in [2.75, 3.05) is 6.61 Å². The predicted octanol–water partition coefficient (Wildman–Crippen LogP) is 2.90. The van der Waals surface area contributed by atoms with E-state index in [1.165, 1.54) is 18.2 Å². The zero-order valence-electron chi connectivity index (χ0n) is 10.7. The minimum atomic E-state index is -0.763. The molecule has 1 aromatic heterocycles. The number of hydrogen-bond acceptors (Lipinski definition) is 3. The highest BCUT2D eigenvalue weighted by Crippen LogP contribution is 2.26. The second-order valence-corrected chi connectivity index (χ2v) is 4.28. The summed E-state index contributed by atoms with van der Waals surface area (Å²) < 4.78 is 18.7. The fourth-order valence-electron chi connectivity index (χ4n) is 1.79. The number of aliphatic hydroxyl groups is 1. The maximum absolute atomic E-state index is 13.1. The normalized spacial score (nSPS) is 12.2. The first-order chi connectivity index (χ1) is 9.16. The minimum Gasteiger partial charge on any atom is -0.493 e. The number of pyridine rings is 1. The van der Waals surface area contributed by atoms with Crippen molar-refractivity contribution >= 4 is 0 Å². The van der Waals surface area contributed by atoms with Gasteiger partial charge in [0.2, 0.25) is 0 Å². The van der Waals surface area contributed by atoms with Crippen LogP contribution < -0.4 is 4.74 Å². The van der Waals surface area contributed by atoms with Crippen LogP contribution in [0.25, 0.3) is 0 Å². The lowest BCUT2D eigenvalue weighted by Gasteiger charge is -2.13. The number of rotatable bonds is 5. The lowest BCUT2D eigenvalue weighted by molar-refractivity contribution is 0.190. The van der Waals surface area contributed by atoms with Gasteiger partial charge in [-0.05, 0) is 37.3 Å². The molecule has 0 aliphatic heterocycles. The summed E-state index contributed by atoms with van der Waals surface area (Å²) in [5.41, 5.74) is 1.39. The van der Waals surface area contributed by atoms with Gasteiger partial charge in [-0.3, -0.25) is 4.98 Å². The molecule has 0 aliphatic carbocycles. The van der Waals surface area contributed by atoms with Gasteiger partial charge in [-0.1, -0.05) is 6.07 Å². The molecule has 1 aromatic carbocycles. The van der Waals surface area contributed by atoms with Crippen LogP contribution in [0.4, 0.5) is 4.39 Å². The Morgan fingerprint density at radius 3 is 2.84 bits per heavy atom. The second kappa shape index (κ2) is 6.29. The summed E-state index contributed by atoms with van der Waals surface area (Å²) in [7, 11) is 0. The molecule has 0 spiro atoms. The van der Waals surface area contributed by atoms with E-state index in [1.54, 1.807) is 13.1 Å². The first kappa shape index (κ1) is 13.5. The van der Waals surface area contributed by atoms with Crippen LogP contribution in [-0.4, -0.2) is 16.7 Å². The van der Waals surface area contributed by atoms with Gasteiger partial charge in [-0.15, -0.1) is 0 Å². The molecule has 0 aliphatic rings. The first-order valence-corrected chi connectivity index (χ1v) is 6.17. The molecular formula is C15H16FNO2. The van der Waals surface area contributed by atoms with Crippen molar-refractivity contribution in [3.05, 3.63) is 59.7 Å². The molecule has 3 nitrogen and oxygen atoms in total. The van der Waals surface area contributed by atoms with E-state index in [9.17, 15) is 9.50 Å². The highest BCUT2D eigenvalue weighted by atomic mass is 19.1. The van der Waals surface area contributed by atoms with Gasteiger partial charge in [0.15, 0.2) is 0 Å². The van der Waals surface area contributed by atoms with Gasteiger partial charge >= 0.3 is 0 Å². The van der Waals surface area contributed by atoms with Gasteiger partial charge in [-0.25, -0.2) is 4.39 Å². The van der Waals surface area contributed by atoms with Gasteiger partial charge in [0.25, 0.3) is 0 Å². The monoisotopic (exact) mass is 261 g/mol. The number of benzene rings is 1. The highest BCUT2D eigenvalue weighted by molar-refractivity contribution is 5.35. The molecule has 2 aromatic rings. The van der Waals surface area contributed by atoms with Crippen molar-refractivity contribution in [1.82, 2.24) is 4.98 Å². The topological polar surface area (TPSA) is 42.4 Å². The third-order valence-corrected chi connectivity index (χ3v) is 2.76. The van der Waals surface area contributed by atoms with Crippen molar-refractivity contribution in [2.24, 2.45) is 0 Å². The quantitative estimate of drug-likeness (QED) is 0.899. The van der Waals surface area contributed by atoms with Crippen LogP contribution in [-0.2, 0) is 6.42 Å². The Hall–Kier alpha value is -1.94. The Bertz CT molecular complexity index is 529. The van der Waals surface area contributed by atoms with Crippen LogP contribution in [0.2, 0.25) is 0 Å². The lowest BCUT2D eigenvalue weighted by Crippen LogP contribution is -2.06. The summed E-state index contributed by atoms with van der Waals surface area (Å²) in [5.74, 6) is 0.125. The third kappa shape index (κ3) is 3.76. The van der Waals surface area contributed by atoms with Gasteiger partial charge in [-0.2, -0.15) is 0 Å².